The van der Waals surface area contributed by atoms with Gasteiger partial charge in [-0.1, -0.05) is 6.92 Å². The fourth-order valence-electron chi connectivity index (χ4n) is 0.797. The summed E-state index contributed by atoms with van der Waals surface area (Å²) in [5.41, 5.74) is 0.750. The molecule has 0 atom stereocenters. The zero-order valence-electron chi connectivity index (χ0n) is 6.01. The second kappa shape index (κ2) is 2.53. The molecule has 3 heteroatoms. The van der Waals surface area contributed by atoms with Gasteiger partial charge < -0.3 is 4.42 Å². The molecule has 1 rings (SSSR count). The van der Waals surface area contributed by atoms with Crippen LogP contribution in [0.4, 0.5) is 0 Å². The first-order chi connectivity index (χ1) is 4.77. The van der Waals surface area contributed by atoms with Gasteiger partial charge in [0.25, 0.3) is 0 Å². The maximum atomic E-state index is 8.48. The number of hydrogen-bond donors (Lipinski definition) is 0. The van der Waals surface area contributed by atoms with Gasteiger partial charge in [0.15, 0.2) is 5.89 Å². The Morgan fingerprint density at radius 2 is 2.40 bits per heavy atom. The Morgan fingerprint density at radius 1 is 1.70 bits per heavy atom. The van der Waals surface area contributed by atoms with E-state index in [0.717, 1.165) is 12.1 Å². The third kappa shape index (κ3) is 1.01. The molecule has 0 radical (unpaired) electrons. The van der Waals surface area contributed by atoms with E-state index in [1.54, 1.807) is 6.92 Å². The molecule has 1 heterocycles. The monoisotopic (exact) mass is 136 g/mol. The Morgan fingerprint density at radius 3 is 2.80 bits per heavy atom. The van der Waals surface area contributed by atoms with Crippen LogP contribution in [-0.4, -0.2) is 4.98 Å². The lowest BCUT2D eigenvalue weighted by atomic mass is 10.3. The van der Waals surface area contributed by atoms with E-state index < -0.39 is 0 Å². The molecular weight excluding hydrogens is 128 g/mol. The zero-order valence-corrected chi connectivity index (χ0v) is 6.01. The van der Waals surface area contributed by atoms with Gasteiger partial charge in [0.1, 0.15) is 6.07 Å². The second-order valence-corrected chi connectivity index (χ2v) is 1.97. The molecule has 0 aliphatic rings. The molecular formula is C7H8N2O. The van der Waals surface area contributed by atoms with Crippen molar-refractivity contribution in [1.82, 2.24) is 4.98 Å². The van der Waals surface area contributed by atoms with E-state index in [1.165, 1.54) is 0 Å². The molecule has 0 saturated carbocycles. The van der Waals surface area contributed by atoms with Crippen LogP contribution >= 0.6 is 0 Å². The lowest BCUT2D eigenvalue weighted by Gasteiger charge is -1.81. The van der Waals surface area contributed by atoms with E-state index in [1.807, 2.05) is 13.0 Å². The van der Waals surface area contributed by atoms with Crippen LogP contribution in [0.25, 0.3) is 0 Å². The first kappa shape index (κ1) is 6.81. The SMILES string of the molecule is CCc1nc(C)oc1C#N. The lowest BCUT2D eigenvalue weighted by molar-refractivity contribution is 0.508. The minimum Gasteiger partial charge on any atom is -0.430 e. The quantitative estimate of drug-likeness (QED) is 0.586. The molecule has 0 amide bonds. The Bertz CT molecular complexity index is 270. The summed E-state index contributed by atoms with van der Waals surface area (Å²) in [5, 5.41) is 8.48. The minimum atomic E-state index is 0.347. The molecule has 0 N–H and O–H groups in total. The topological polar surface area (TPSA) is 49.8 Å². The Labute approximate surface area is 59.3 Å². The molecule has 0 bridgehead atoms. The van der Waals surface area contributed by atoms with Crippen molar-refractivity contribution < 1.29 is 4.42 Å². The van der Waals surface area contributed by atoms with Gasteiger partial charge in [-0.25, -0.2) is 4.98 Å². The number of rotatable bonds is 1. The third-order valence-electron chi connectivity index (χ3n) is 1.24. The molecule has 52 valence electrons. The van der Waals surface area contributed by atoms with E-state index in [2.05, 4.69) is 4.98 Å². The summed E-state index contributed by atoms with van der Waals surface area (Å²) in [6, 6.07) is 1.94. The lowest BCUT2D eigenvalue weighted by Crippen LogP contribution is -1.82. The molecule has 10 heavy (non-hydrogen) atoms. The van der Waals surface area contributed by atoms with Crippen molar-refractivity contribution in [3.05, 3.63) is 17.3 Å². The number of nitriles is 1. The molecule has 0 saturated heterocycles. The van der Waals surface area contributed by atoms with Crippen molar-refractivity contribution in [2.75, 3.05) is 0 Å². The number of hydrogen-bond acceptors (Lipinski definition) is 3. The molecule has 0 fully saturated rings. The average Bonchev–Trinajstić information content (AvgIpc) is 2.30. The first-order valence-corrected chi connectivity index (χ1v) is 3.14. The fourth-order valence-corrected chi connectivity index (χ4v) is 0.797. The largest absolute Gasteiger partial charge is 0.430 e. The maximum absolute atomic E-state index is 8.48. The van der Waals surface area contributed by atoms with Crippen molar-refractivity contribution in [1.29, 1.82) is 5.26 Å². The van der Waals surface area contributed by atoms with Crippen LogP contribution in [0.3, 0.4) is 0 Å². The van der Waals surface area contributed by atoms with Crippen molar-refractivity contribution >= 4 is 0 Å². The van der Waals surface area contributed by atoms with Gasteiger partial charge in [-0.3, -0.25) is 0 Å². The van der Waals surface area contributed by atoms with E-state index in [9.17, 15) is 0 Å². The normalized spacial score (nSPS) is 9.30. The number of aryl methyl sites for hydroxylation is 2. The smallest absolute Gasteiger partial charge is 0.227 e. The van der Waals surface area contributed by atoms with E-state index >= 15 is 0 Å². The van der Waals surface area contributed by atoms with Gasteiger partial charge >= 0.3 is 0 Å². The highest BCUT2D eigenvalue weighted by atomic mass is 16.4. The minimum absolute atomic E-state index is 0.347. The average molecular weight is 136 g/mol. The van der Waals surface area contributed by atoms with Gasteiger partial charge in [0, 0.05) is 6.92 Å². The third-order valence-corrected chi connectivity index (χ3v) is 1.24. The molecule has 1 aromatic rings. The molecule has 0 aromatic carbocycles. The Hall–Kier alpha value is -1.30. The molecule has 0 spiro atoms. The van der Waals surface area contributed by atoms with Gasteiger partial charge in [0.05, 0.1) is 5.69 Å². The number of oxazole rings is 1. The standard InChI is InChI=1S/C7H8N2O/c1-3-6-7(4-8)10-5(2)9-6/h3H2,1-2H3. The Balaban J connectivity index is 3.12. The summed E-state index contributed by atoms with van der Waals surface area (Å²) in [6.07, 6.45) is 0.750. The summed E-state index contributed by atoms with van der Waals surface area (Å²) in [5.74, 6) is 0.911. The summed E-state index contributed by atoms with van der Waals surface area (Å²) < 4.78 is 4.98. The zero-order chi connectivity index (χ0) is 7.56. The van der Waals surface area contributed by atoms with Crippen LogP contribution in [0, 0.1) is 18.3 Å². The molecule has 0 aliphatic heterocycles. The van der Waals surface area contributed by atoms with Crippen molar-refractivity contribution in [3.63, 3.8) is 0 Å². The van der Waals surface area contributed by atoms with Crippen molar-refractivity contribution in [2.24, 2.45) is 0 Å². The highest BCUT2D eigenvalue weighted by molar-refractivity contribution is 5.22. The van der Waals surface area contributed by atoms with Crippen LogP contribution in [0.15, 0.2) is 4.42 Å². The van der Waals surface area contributed by atoms with E-state index in [4.69, 9.17) is 9.68 Å². The highest BCUT2D eigenvalue weighted by Crippen LogP contribution is 2.08. The Kier molecular flexibility index (Phi) is 1.72. The van der Waals surface area contributed by atoms with Gasteiger partial charge in [-0.05, 0) is 6.42 Å². The van der Waals surface area contributed by atoms with Crippen LogP contribution < -0.4 is 0 Å². The van der Waals surface area contributed by atoms with Crippen LogP contribution in [0.1, 0.15) is 24.3 Å². The van der Waals surface area contributed by atoms with Gasteiger partial charge in [-0.15, -0.1) is 0 Å². The van der Waals surface area contributed by atoms with Crippen LogP contribution in [-0.2, 0) is 6.42 Å². The summed E-state index contributed by atoms with van der Waals surface area (Å²) in [7, 11) is 0. The van der Waals surface area contributed by atoms with E-state index in [-0.39, 0.29) is 0 Å². The summed E-state index contributed by atoms with van der Waals surface area (Å²) >= 11 is 0. The molecule has 1 aromatic heterocycles. The maximum Gasteiger partial charge on any atom is 0.227 e. The fraction of sp³-hybridized carbons (Fsp3) is 0.429. The first-order valence-electron chi connectivity index (χ1n) is 3.14. The van der Waals surface area contributed by atoms with Crippen molar-refractivity contribution in [3.8, 4) is 6.07 Å². The predicted molar refractivity (Wildman–Crippen MR) is 35.3 cm³/mol. The molecule has 3 nitrogen and oxygen atoms in total. The summed E-state index contributed by atoms with van der Waals surface area (Å²) in [6.45, 7) is 3.68. The van der Waals surface area contributed by atoms with E-state index in [0.29, 0.717) is 11.7 Å². The van der Waals surface area contributed by atoms with Crippen molar-refractivity contribution in [2.45, 2.75) is 20.3 Å². The number of nitrogens with zero attached hydrogens (tertiary/aromatic N) is 2. The number of aromatic nitrogens is 1. The van der Waals surface area contributed by atoms with Gasteiger partial charge in [0.2, 0.25) is 5.76 Å². The van der Waals surface area contributed by atoms with Crippen LogP contribution in [0.2, 0.25) is 0 Å². The second-order valence-electron chi connectivity index (χ2n) is 1.97. The summed E-state index contributed by atoms with van der Waals surface area (Å²) in [4.78, 5) is 4.01. The van der Waals surface area contributed by atoms with Crippen LogP contribution in [0.5, 0.6) is 0 Å². The van der Waals surface area contributed by atoms with Gasteiger partial charge in [-0.2, -0.15) is 5.26 Å². The highest BCUT2D eigenvalue weighted by Gasteiger charge is 2.06. The molecule has 0 aliphatic carbocycles. The molecule has 0 unspecified atom stereocenters. The predicted octanol–water partition coefficient (Wildman–Crippen LogP) is 1.42.